The number of imide groups is 1. The first-order valence-electron chi connectivity index (χ1n) is 10.7. The summed E-state index contributed by atoms with van der Waals surface area (Å²) in [6, 6.07) is 19.9. The Hall–Kier alpha value is -4.33. The van der Waals surface area contributed by atoms with Gasteiger partial charge in [0, 0.05) is 5.56 Å². The quantitative estimate of drug-likeness (QED) is 0.447. The molecule has 170 valence electrons. The third-order valence-electron chi connectivity index (χ3n) is 6.12. The molecule has 1 aliphatic heterocycles. The van der Waals surface area contributed by atoms with Crippen LogP contribution >= 0.6 is 0 Å². The summed E-state index contributed by atoms with van der Waals surface area (Å²) in [5, 5.41) is 6.82. The summed E-state index contributed by atoms with van der Waals surface area (Å²) < 4.78 is 18.5. The van der Waals surface area contributed by atoms with E-state index < -0.39 is 17.5 Å². The highest BCUT2D eigenvalue weighted by molar-refractivity contribution is 6.09. The third-order valence-corrected chi connectivity index (χ3v) is 6.12. The molecule has 1 aromatic heterocycles. The van der Waals surface area contributed by atoms with Crippen molar-refractivity contribution in [2.75, 3.05) is 0 Å². The van der Waals surface area contributed by atoms with Gasteiger partial charge in [-0.2, -0.15) is 4.98 Å². The molecule has 4 aromatic rings. The average Bonchev–Trinajstić information content (AvgIpc) is 3.41. The number of hydrogen-bond acceptors (Lipinski definition) is 5. The van der Waals surface area contributed by atoms with E-state index in [0.717, 1.165) is 16.0 Å². The molecule has 8 heteroatoms. The van der Waals surface area contributed by atoms with Crippen LogP contribution < -0.4 is 5.32 Å². The maximum Gasteiger partial charge on any atom is 0.326 e. The molecule has 3 amide bonds. The number of nitrogens with one attached hydrogen (secondary N) is 1. The highest BCUT2D eigenvalue weighted by atomic mass is 19.1. The number of carbonyl (C=O) groups is 2. The molecule has 1 fully saturated rings. The Kier molecular flexibility index (Phi) is 5.20. The summed E-state index contributed by atoms with van der Waals surface area (Å²) in [6.45, 7) is 3.76. The molecule has 7 nitrogen and oxygen atoms in total. The lowest BCUT2D eigenvalue weighted by atomic mass is 9.81. The molecule has 0 radical (unpaired) electrons. The van der Waals surface area contributed by atoms with Gasteiger partial charge in [0.1, 0.15) is 12.4 Å². The van der Waals surface area contributed by atoms with Gasteiger partial charge in [0.15, 0.2) is 5.54 Å². The number of urea groups is 1. The van der Waals surface area contributed by atoms with Gasteiger partial charge in [0.05, 0.1) is 0 Å². The number of hydrogen-bond donors (Lipinski definition) is 1. The van der Waals surface area contributed by atoms with Crippen LogP contribution in [0.25, 0.3) is 11.4 Å². The number of aryl methyl sites for hydroxylation is 2. The fourth-order valence-electron chi connectivity index (χ4n) is 4.11. The Labute approximate surface area is 195 Å². The van der Waals surface area contributed by atoms with E-state index in [4.69, 9.17) is 4.52 Å². The SMILES string of the molecule is Cc1ccc(C2(c3ccccc3)NC(=O)N(Cc3nc(-c4ccc(F)cc4)no3)C2=O)cc1C. The van der Waals surface area contributed by atoms with E-state index >= 15 is 0 Å². The van der Waals surface area contributed by atoms with Gasteiger partial charge >= 0.3 is 6.03 Å². The molecular weight excluding hydrogens is 435 g/mol. The van der Waals surface area contributed by atoms with Crippen molar-refractivity contribution in [1.29, 1.82) is 0 Å². The molecule has 1 unspecified atom stereocenters. The maximum atomic E-state index is 13.9. The monoisotopic (exact) mass is 456 g/mol. The number of carbonyl (C=O) groups excluding carboxylic acids is 2. The minimum atomic E-state index is -1.38. The Morgan fingerprint density at radius 3 is 2.38 bits per heavy atom. The second kappa shape index (κ2) is 8.22. The van der Waals surface area contributed by atoms with Crippen molar-refractivity contribution >= 4 is 11.9 Å². The molecule has 0 saturated carbocycles. The molecule has 1 aliphatic rings. The zero-order valence-electron chi connectivity index (χ0n) is 18.6. The van der Waals surface area contributed by atoms with Crippen LogP contribution in [0.1, 0.15) is 28.1 Å². The molecule has 1 N–H and O–H groups in total. The summed E-state index contributed by atoms with van der Waals surface area (Å²) in [4.78, 5) is 32.3. The molecule has 2 heterocycles. The van der Waals surface area contributed by atoms with Gasteiger partial charge in [-0.1, -0.05) is 53.7 Å². The molecule has 5 rings (SSSR count). The second-order valence-electron chi connectivity index (χ2n) is 8.26. The molecule has 1 saturated heterocycles. The Morgan fingerprint density at radius 1 is 0.941 bits per heavy atom. The van der Waals surface area contributed by atoms with Gasteiger partial charge in [0.25, 0.3) is 5.91 Å². The summed E-state index contributed by atoms with van der Waals surface area (Å²) in [5.41, 5.74) is 2.59. The third kappa shape index (κ3) is 3.53. The van der Waals surface area contributed by atoms with Crippen LogP contribution in [0.5, 0.6) is 0 Å². The lowest BCUT2D eigenvalue weighted by Gasteiger charge is -2.28. The topological polar surface area (TPSA) is 88.3 Å². The minimum absolute atomic E-state index is 0.0896. The van der Waals surface area contributed by atoms with Crippen molar-refractivity contribution in [2.45, 2.75) is 25.9 Å². The van der Waals surface area contributed by atoms with Gasteiger partial charge in [-0.15, -0.1) is 0 Å². The van der Waals surface area contributed by atoms with Gasteiger partial charge in [-0.05, 0) is 60.4 Å². The van der Waals surface area contributed by atoms with E-state index in [-0.39, 0.29) is 24.1 Å². The molecule has 0 spiro atoms. The highest BCUT2D eigenvalue weighted by Crippen LogP contribution is 2.37. The average molecular weight is 456 g/mol. The first kappa shape index (κ1) is 21.5. The van der Waals surface area contributed by atoms with E-state index in [2.05, 4.69) is 15.5 Å². The van der Waals surface area contributed by atoms with Crippen LogP contribution in [0.4, 0.5) is 9.18 Å². The van der Waals surface area contributed by atoms with Crippen molar-refractivity contribution in [1.82, 2.24) is 20.4 Å². The van der Waals surface area contributed by atoms with Crippen LogP contribution in [-0.4, -0.2) is 27.0 Å². The van der Waals surface area contributed by atoms with Crippen LogP contribution in [-0.2, 0) is 16.9 Å². The highest BCUT2D eigenvalue weighted by Gasteiger charge is 2.54. The van der Waals surface area contributed by atoms with E-state index in [1.807, 2.05) is 62.4 Å². The molecule has 0 bridgehead atoms. The van der Waals surface area contributed by atoms with Crippen molar-refractivity contribution in [3.05, 3.63) is 107 Å². The predicted molar refractivity (Wildman–Crippen MR) is 122 cm³/mol. The van der Waals surface area contributed by atoms with Gasteiger partial charge in [-0.3, -0.25) is 9.69 Å². The number of benzene rings is 3. The predicted octanol–water partition coefficient (Wildman–Crippen LogP) is 4.49. The molecule has 1 atom stereocenters. The fourth-order valence-corrected chi connectivity index (χ4v) is 4.11. The van der Waals surface area contributed by atoms with E-state index in [9.17, 15) is 14.0 Å². The van der Waals surface area contributed by atoms with Crippen molar-refractivity contribution < 1.29 is 18.5 Å². The van der Waals surface area contributed by atoms with Crippen molar-refractivity contribution in [2.24, 2.45) is 0 Å². The number of nitrogens with zero attached hydrogens (tertiary/aromatic N) is 3. The summed E-state index contributed by atoms with van der Waals surface area (Å²) >= 11 is 0. The second-order valence-corrected chi connectivity index (χ2v) is 8.26. The standard InChI is InChI=1S/C26H21FN4O3/c1-16-8-11-20(14-17(16)2)26(19-6-4-3-5-7-19)24(32)31(25(33)29-26)15-22-28-23(30-34-22)18-9-12-21(27)13-10-18/h3-14H,15H2,1-2H3,(H,29,33). The Balaban J connectivity index is 1.51. The number of aromatic nitrogens is 2. The normalized spacial score (nSPS) is 17.8. The summed E-state index contributed by atoms with van der Waals surface area (Å²) in [6.07, 6.45) is 0. The number of amides is 3. The maximum absolute atomic E-state index is 13.9. The van der Waals surface area contributed by atoms with Gasteiger partial charge < -0.3 is 9.84 Å². The Bertz CT molecular complexity index is 1380. The van der Waals surface area contributed by atoms with Crippen LogP contribution in [0, 0.1) is 19.7 Å². The molecule has 0 aliphatic carbocycles. The lowest BCUT2D eigenvalue weighted by molar-refractivity contribution is -0.130. The van der Waals surface area contributed by atoms with Crippen LogP contribution in [0.2, 0.25) is 0 Å². The summed E-state index contributed by atoms with van der Waals surface area (Å²) in [5.74, 6) is -0.485. The first-order valence-corrected chi connectivity index (χ1v) is 10.7. The number of rotatable bonds is 5. The smallest absolute Gasteiger partial charge is 0.326 e. The van der Waals surface area contributed by atoms with Gasteiger partial charge in [-0.25, -0.2) is 9.18 Å². The van der Waals surface area contributed by atoms with Crippen molar-refractivity contribution in [3.8, 4) is 11.4 Å². The largest absolute Gasteiger partial charge is 0.337 e. The van der Waals surface area contributed by atoms with Crippen molar-refractivity contribution in [3.63, 3.8) is 0 Å². The van der Waals surface area contributed by atoms with Crippen LogP contribution in [0.15, 0.2) is 77.3 Å². The summed E-state index contributed by atoms with van der Waals surface area (Å²) in [7, 11) is 0. The Morgan fingerprint density at radius 2 is 1.68 bits per heavy atom. The first-order chi connectivity index (χ1) is 16.4. The molecule has 3 aromatic carbocycles. The van der Waals surface area contributed by atoms with E-state index in [1.165, 1.54) is 24.3 Å². The van der Waals surface area contributed by atoms with Crippen LogP contribution in [0.3, 0.4) is 0 Å². The fraction of sp³-hybridized carbons (Fsp3) is 0.154. The van der Waals surface area contributed by atoms with E-state index in [0.29, 0.717) is 16.7 Å². The lowest BCUT2D eigenvalue weighted by Crippen LogP contribution is -2.45. The van der Waals surface area contributed by atoms with Gasteiger partial charge in [0.2, 0.25) is 11.7 Å². The zero-order chi connectivity index (χ0) is 23.9. The number of halogens is 1. The minimum Gasteiger partial charge on any atom is -0.337 e. The molecular formula is C26H21FN4O3. The zero-order valence-corrected chi connectivity index (χ0v) is 18.6. The molecule has 34 heavy (non-hydrogen) atoms. The van der Waals surface area contributed by atoms with E-state index in [1.54, 1.807) is 0 Å².